The van der Waals surface area contributed by atoms with Crippen molar-refractivity contribution in [2.45, 2.75) is 90.4 Å². The molecule has 0 heterocycles. The minimum absolute atomic E-state index is 0.0613. The van der Waals surface area contributed by atoms with Gasteiger partial charge in [0.1, 0.15) is 18.7 Å². The topological polar surface area (TPSA) is 131 Å². The quantitative estimate of drug-likeness (QED) is 0.233. The van der Waals surface area contributed by atoms with Gasteiger partial charge in [-0.05, 0) is 54.7 Å². The fraction of sp³-hybridized carbons (Fsp3) is 0.485. The molecule has 0 saturated carbocycles. The fourth-order valence-corrected chi connectivity index (χ4v) is 5.54. The molecule has 2 rings (SSSR count). The average molecular weight is 614 g/mol. The smallest absolute Gasteiger partial charge is 0.408 e. The summed E-state index contributed by atoms with van der Waals surface area (Å²) in [6.45, 7) is 11.8. The van der Waals surface area contributed by atoms with Crippen LogP contribution in [-0.2, 0) is 30.8 Å². The van der Waals surface area contributed by atoms with Crippen LogP contribution in [0.25, 0.3) is 0 Å². The Bertz CT molecular complexity index is 1290. The van der Waals surface area contributed by atoms with Crippen molar-refractivity contribution in [3.63, 3.8) is 0 Å². The highest BCUT2D eigenvalue weighted by Crippen LogP contribution is 2.15. The van der Waals surface area contributed by atoms with Crippen molar-refractivity contribution in [3.8, 4) is 0 Å². The van der Waals surface area contributed by atoms with Gasteiger partial charge in [-0.1, -0.05) is 96.1 Å². The molecule has 3 amide bonds. The summed E-state index contributed by atoms with van der Waals surface area (Å²) in [5.41, 5.74) is 0.817. The molecule has 0 spiro atoms. The molecule has 3 N–H and O–H groups in total. The lowest BCUT2D eigenvalue weighted by atomic mass is 9.99. The molecule has 236 valence electrons. The molecule has 0 aliphatic heterocycles. The molecule has 9 nitrogen and oxygen atoms in total. The first-order valence-corrected chi connectivity index (χ1v) is 16.4. The van der Waals surface area contributed by atoms with Crippen LogP contribution in [0.5, 0.6) is 0 Å². The van der Waals surface area contributed by atoms with Gasteiger partial charge in [-0.3, -0.25) is 9.59 Å². The predicted octanol–water partition coefficient (Wildman–Crippen LogP) is 5.38. The van der Waals surface area contributed by atoms with Crippen LogP contribution in [0.3, 0.4) is 0 Å². The van der Waals surface area contributed by atoms with Gasteiger partial charge in [-0.2, -0.15) is 0 Å². The van der Waals surface area contributed by atoms with Gasteiger partial charge in [0.25, 0.3) is 0 Å². The van der Waals surface area contributed by atoms with Crippen molar-refractivity contribution in [1.29, 1.82) is 0 Å². The lowest BCUT2D eigenvalue weighted by Gasteiger charge is -2.26. The summed E-state index contributed by atoms with van der Waals surface area (Å²) in [6.07, 6.45) is 1.96. The van der Waals surface area contributed by atoms with E-state index in [0.29, 0.717) is 19.3 Å². The summed E-state index contributed by atoms with van der Waals surface area (Å²) in [5, 5.41) is 9.52. The number of alkyl carbamates (subject to hydrolysis) is 1. The van der Waals surface area contributed by atoms with Crippen LogP contribution in [-0.4, -0.2) is 44.5 Å². The molecule has 0 aliphatic carbocycles. The zero-order valence-electron chi connectivity index (χ0n) is 26.1. The van der Waals surface area contributed by atoms with E-state index in [0.717, 1.165) is 11.0 Å². The second-order valence-corrected chi connectivity index (χ2v) is 13.8. The van der Waals surface area contributed by atoms with Gasteiger partial charge in [0, 0.05) is 11.4 Å². The van der Waals surface area contributed by atoms with Crippen LogP contribution in [0.1, 0.15) is 66.4 Å². The number of amides is 3. The highest BCUT2D eigenvalue weighted by molar-refractivity contribution is 7.94. The number of ether oxygens (including phenoxy) is 1. The van der Waals surface area contributed by atoms with Crippen LogP contribution < -0.4 is 16.0 Å². The molecule has 0 unspecified atom stereocenters. The average Bonchev–Trinajstić information content (AvgIpc) is 2.94. The van der Waals surface area contributed by atoms with E-state index in [1.165, 1.54) is 18.2 Å². The third kappa shape index (κ3) is 13.5. The van der Waals surface area contributed by atoms with E-state index >= 15 is 0 Å². The maximum Gasteiger partial charge on any atom is 0.408 e. The van der Waals surface area contributed by atoms with Crippen molar-refractivity contribution in [2.75, 3.05) is 0 Å². The van der Waals surface area contributed by atoms with Gasteiger partial charge < -0.3 is 20.7 Å². The largest absolute Gasteiger partial charge is 0.445 e. The van der Waals surface area contributed by atoms with Crippen LogP contribution in [0.4, 0.5) is 4.79 Å². The first-order chi connectivity index (χ1) is 20.3. The molecular weight excluding hydrogens is 566 g/mol. The zero-order valence-corrected chi connectivity index (χ0v) is 26.9. The van der Waals surface area contributed by atoms with Crippen molar-refractivity contribution >= 4 is 27.7 Å². The molecule has 0 aliphatic rings. The van der Waals surface area contributed by atoms with Crippen LogP contribution >= 0.6 is 0 Å². The van der Waals surface area contributed by atoms with E-state index in [-0.39, 0.29) is 29.3 Å². The first-order valence-electron chi connectivity index (χ1n) is 14.8. The van der Waals surface area contributed by atoms with Crippen molar-refractivity contribution in [3.05, 3.63) is 77.7 Å². The monoisotopic (exact) mass is 613 g/mol. The molecule has 0 saturated heterocycles. The number of rotatable bonds is 16. The van der Waals surface area contributed by atoms with E-state index in [1.54, 1.807) is 18.2 Å². The summed E-state index contributed by atoms with van der Waals surface area (Å²) in [4.78, 5) is 39.6. The van der Waals surface area contributed by atoms with E-state index in [1.807, 2.05) is 71.9 Å². The maximum absolute atomic E-state index is 13.5. The van der Waals surface area contributed by atoms with Crippen molar-refractivity contribution in [2.24, 2.45) is 17.8 Å². The van der Waals surface area contributed by atoms with E-state index in [4.69, 9.17) is 4.74 Å². The van der Waals surface area contributed by atoms with Crippen LogP contribution in [0.15, 0.2) is 77.0 Å². The Balaban J connectivity index is 2.16. The van der Waals surface area contributed by atoms with Crippen LogP contribution in [0, 0.1) is 17.8 Å². The van der Waals surface area contributed by atoms with E-state index in [9.17, 15) is 22.8 Å². The zero-order chi connectivity index (χ0) is 32.0. The lowest BCUT2D eigenvalue weighted by Crippen LogP contribution is -2.55. The van der Waals surface area contributed by atoms with Crippen LogP contribution in [0.2, 0.25) is 0 Å². The maximum atomic E-state index is 13.5. The van der Waals surface area contributed by atoms with E-state index in [2.05, 4.69) is 16.0 Å². The Morgan fingerprint density at radius 1 is 0.698 bits per heavy atom. The first kappa shape index (κ1) is 35.5. The van der Waals surface area contributed by atoms with Crippen molar-refractivity contribution in [1.82, 2.24) is 16.0 Å². The van der Waals surface area contributed by atoms with Crippen molar-refractivity contribution < 1.29 is 27.5 Å². The van der Waals surface area contributed by atoms with E-state index < -0.39 is 45.9 Å². The highest BCUT2D eigenvalue weighted by atomic mass is 32.2. The number of nitrogens with one attached hydrogen (secondary N) is 3. The number of carbonyl (C=O) groups is 3. The minimum Gasteiger partial charge on any atom is -0.445 e. The van der Waals surface area contributed by atoms with Gasteiger partial charge in [-0.25, -0.2) is 13.2 Å². The molecule has 0 aromatic heterocycles. The molecule has 2 aromatic rings. The number of sulfone groups is 1. The molecular formula is C33H47N3O6S. The summed E-state index contributed by atoms with van der Waals surface area (Å²) in [6, 6.07) is 14.9. The molecule has 0 bridgehead atoms. The van der Waals surface area contributed by atoms with Gasteiger partial charge in [0.2, 0.25) is 11.8 Å². The normalized spacial score (nSPS) is 14.0. The predicted molar refractivity (Wildman–Crippen MR) is 169 cm³/mol. The fourth-order valence-electron chi connectivity index (χ4n) is 4.45. The Labute approximate surface area is 256 Å². The summed E-state index contributed by atoms with van der Waals surface area (Å²) < 4.78 is 30.9. The molecule has 10 heteroatoms. The molecule has 0 fully saturated rings. The Hall–Kier alpha value is -3.66. The third-order valence-corrected chi connectivity index (χ3v) is 7.93. The second-order valence-electron chi connectivity index (χ2n) is 12.0. The number of benzene rings is 2. The summed E-state index contributed by atoms with van der Waals surface area (Å²) in [7, 11) is -3.70. The number of hydrogen-bond donors (Lipinski definition) is 3. The molecule has 2 aromatic carbocycles. The second kappa shape index (κ2) is 17.5. The number of carbonyl (C=O) groups excluding carboxylic acids is 3. The molecule has 3 atom stereocenters. The Morgan fingerprint density at radius 2 is 1.19 bits per heavy atom. The third-order valence-electron chi connectivity index (χ3n) is 6.48. The summed E-state index contributed by atoms with van der Waals surface area (Å²) >= 11 is 0. The Kier molecular flexibility index (Phi) is 14.4. The standard InChI is InChI=1S/C33H47N3O6S/c1-23(2)19-27(17-18-43(40,41)28-15-11-8-12-16-28)34-31(37)29(20-24(3)4)35-32(38)30(21-25(5)6)36-33(39)42-22-26-13-9-7-10-14-26/h7-18,23-25,27,29-30H,19-22H2,1-6H3,(H,34,37)(H,35,38)(H,36,39)/b18-17+/t27-,29+,30+/m0/s1. The van der Waals surface area contributed by atoms with Gasteiger partial charge in [0.15, 0.2) is 9.84 Å². The highest BCUT2D eigenvalue weighted by Gasteiger charge is 2.29. The molecule has 43 heavy (non-hydrogen) atoms. The molecule has 0 radical (unpaired) electrons. The SMILES string of the molecule is CC(C)C[C@H](/C=C/S(=O)(=O)c1ccccc1)NC(=O)[C@@H](CC(C)C)NC(=O)[C@@H](CC(C)C)NC(=O)OCc1ccccc1. The number of hydrogen-bond acceptors (Lipinski definition) is 6. The van der Waals surface area contributed by atoms with Gasteiger partial charge in [-0.15, -0.1) is 0 Å². The Morgan fingerprint density at radius 3 is 1.72 bits per heavy atom. The minimum atomic E-state index is -3.70. The van der Waals surface area contributed by atoms with Gasteiger partial charge in [0.05, 0.1) is 4.90 Å². The van der Waals surface area contributed by atoms with Gasteiger partial charge >= 0.3 is 6.09 Å². The lowest BCUT2D eigenvalue weighted by molar-refractivity contribution is -0.130. The summed E-state index contributed by atoms with van der Waals surface area (Å²) in [5.74, 6) is -0.608.